The fraction of sp³-hybridized carbons (Fsp3) is 0.417. The third-order valence-electron chi connectivity index (χ3n) is 2.33. The van der Waals surface area contributed by atoms with E-state index in [1.807, 2.05) is 0 Å². The number of nitrogens with one attached hydrogen (secondary N) is 1. The van der Waals surface area contributed by atoms with Crippen molar-refractivity contribution in [2.24, 2.45) is 4.99 Å². The first-order chi connectivity index (χ1) is 7.46. The third kappa shape index (κ3) is 2.80. The number of rotatable bonds is 1. The molecule has 0 unspecified atom stereocenters. The number of anilines is 1. The Labute approximate surface area is 109 Å². The maximum atomic E-state index is 4.63. The second kappa shape index (κ2) is 4.41. The summed E-state index contributed by atoms with van der Waals surface area (Å²) in [4.78, 5) is 4.63. The van der Waals surface area contributed by atoms with Crippen LogP contribution in [0.25, 0.3) is 0 Å². The molecule has 16 heavy (non-hydrogen) atoms. The van der Waals surface area contributed by atoms with E-state index in [1.54, 1.807) is 11.8 Å². The van der Waals surface area contributed by atoms with Gasteiger partial charge in [-0.05, 0) is 54.4 Å². The van der Waals surface area contributed by atoms with Crippen molar-refractivity contribution in [3.05, 3.63) is 28.2 Å². The van der Waals surface area contributed by atoms with Gasteiger partial charge in [0.05, 0.1) is 11.2 Å². The first-order valence-corrected chi connectivity index (χ1v) is 7.00. The van der Waals surface area contributed by atoms with Crippen LogP contribution in [0.15, 0.2) is 27.7 Å². The van der Waals surface area contributed by atoms with Crippen molar-refractivity contribution in [1.29, 1.82) is 0 Å². The van der Waals surface area contributed by atoms with Crippen LogP contribution >= 0.6 is 27.7 Å². The fourth-order valence-corrected chi connectivity index (χ4v) is 3.13. The molecule has 1 aromatic rings. The number of nitrogens with zero attached hydrogens (tertiary/aromatic N) is 1. The van der Waals surface area contributed by atoms with Gasteiger partial charge in [-0.2, -0.15) is 0 Å². The SMILES string of the molecule is Cc1ccc(NC2=NC(C)(C)CS2)c(Br)c1. The predicted molar refractivity (Wildman–Crippen MR) is 76.5 cm³/mol. The van der Waals surface area contributed by atoms with Gasteiger partial charge >= 0.3 is 0 Å². The Kier molecular flexibility index (Phi) is 3.31. The summed E-state index contributed by atoms with van der Waals surface area (Å²) in [6, 6.07) is 6.28. The molecule has 1 heterocycles. The average Bonchev–Trinajstić information content (AvgIpc) is 2.51. The van der Waals surface area contributed by atoms with Gasteiger partial charge in [-0.3, -0.25) is 4.99 Å². The van der Waals surface area contributed by atoms with Gasteiger partial charge < -0.3 is 5.32 Å². The second-order valence-electron chi connectivity index (χ2n) is 4.63. The van der Waals surface area contributed by atoms with Crippen molar-refractivity contribution < 1.29 is 0 Å². The zero-order chi connectivity index (χ0) is 11.8. The van der Waals surface area contributed by atoms with Crippen LogP contribution in [0.4, 0.5) is 5.69 Å². The Morgan fingerprint density at radius 1 is 1.44 bits per heavy atom. The van der Waals surface area contributed by atoms with Gasteiger partial charge in [0.1, 0.15) is 0 Å². The molecule has 1 aliphatic heterocycles. The molecule has 0 radical (unpaired) electrons. The molecule has 0 spiro atoms. The van der Waals surface area contributed by atoms with Crippen LogP contribution < -0.4 is 5.32 Å². The van der Waals surface area contributed by atoms with Crippen LogP contribution in [-0.2, 0) is 0 Å². The summed E-state index contributed by atoms with van der Waals surface area (Å²) in [6.07, 6.45) is 0. The summed E-state index contributed by atoms with van der Waals surface area (Å²) in [5.74, 6) is 1.04. The zero-order valence-electron chi connectivity index (χ0n) is 9.67. The van der Waals surface area contributed by atoms with Crippen LogP contribution in [0.5, 0.6) is 0 Å². The molecule has 0 bridgehead atoms. The summed E-state index contributed by atoms with van der Waals surface area (Å²) < 4.78 is 1.08. The highest BCUT2D eigenvalue weighted by Gasteiger charge is 2.25. The van der Waals surface area contributed by atoms with Gasteiger partial charge in [0.2, 0.25) is 0 Å². The highest BCUT2D eigenvalue weighted by atomic mass is 79.9. The summed E-state index contributed by atoms with van der Waals surface area (Å²) in [5.41, 5.74) is 2.39. The average molecular weight is 299 g/mol. The molecule has 1 aliphatic rings. The van der Waals surface area contributed by atoms with Crippen molar-refractivity contribution in [2.45, 2.75) is 26.3 Å². The van der Waals surface area contributed by atoms with Crippen molar-refractivity contribution in [3.8, 4) is 0 Å². The molecule has 0 saturated carbocycles. The largest absolute Gasteiger partial charge is 0.334 e. The Morgan fingerprint density at radius 3 is 2.75 bits per heavy atom. The molecule has 0 aromatic heterocycles. The van der Waals surface area contributed by atoms with Crippen molar-refractivity contribution >= 4 is 38.5 Å². The van der Waals surface area contributed by atoms with E-state index in [0.717, 1.165) is 21.1 Å². The smallest absolute Gasteiger partial charge is 0.161 e. The Morgan fingerprint density at radius 2 is 2.19 bits per heavy atom. The van der Waals surface area contributed by atoms with Crippen LogP contribution in [0.1, 0.15) is 19.4 Å². The first kappa shape index (κ1) is 12.0. The van der Waals surface area contributed by atoms with Gasteiger partial charge in [0.25, 0.3) is 0 Å². The zero-order valence-corrected chi connectivity index (χ0v) is 12.1. The maximum absolute atomic E-state index is 4.63. The van der Waals surface area contributed by atoms with E-state index in [9.17, 15) is 0 Å². The molecule has 2 nitrogen and oxygen atoms in total. The molecule has 0 amide bonds. The lowest BCUT2D eigenvalue weighted by Gasteiger charge is -2.10. The number of halogens is 1. The molecule has 2 rings (SSSR count). The number of hydrogen-bond donors (Lipinski definition) is 1. The van der Waals surface area contributed by atoms with Crippen LogP contribution in [0, 0.1) is 6.92 Å². The van der Waals surface area contributed by atoms with Crippen molar-refractivity contribution in [3.63, 3.8) is 0 Å². The topological polar surface area (TPSA) is 24.4 Å². The highest BCUT2D eigenvalue weighted by Crippen LogP contribution is 2.30. The normalized spacial score (nSPS) is 18.4. The quantitative estimate of drug-likeness (QED) is 0.846. The number of aryl methyl sites for hydroxylation is 1. The second-order valence-corrected chi connectivity index (χ2v) is 6.44. The van der Waals surface area contributed by atoms with E-state index in [2.05, 4.69) is 65.2 Å². The molecule has 1 aromatic carbocycles. The van der Waals surface area contributed by atoms with Crippen molar-refractivity contribution in [1.82, 2.24) is 0 Å². The van der Waals surface area contributed by atoms with Gasteiger partial charge in [-0.1, -0.05) is 17.8 Å². The lowest BCUT2D eigenvalue weighted by atomic mass is 10.1. The highest BCUT2D eigenvalue weighted by molar-refractivity contribution is 9.10. The van der Waals surface area contributed by atoms with Crippen LogP contribution in [0.2, 0.25) is 0 Å². The molecular weight excluding hydrogens is 284 g/mol. The van der Waals surface area contributed by atoms with Gasteiger partial charge in [0, 0.05) is 10.2 Å². The summed E-state index contributed by atoms with van der Waals surface area (Å²) in [5, 5.41) is 4.37. The van der Waals surface area contributed by atoms with Crippen LogP contribution in [-0.4, -0.2) is 16.5 Å². The maximum Gasteiger partial charge on any atom is 0.161 e. The van der Waals surface area contributed by atoms with Gasteiger partial charge in [0.15, 0.2) is 5.17 Å². The summed E-state index contributed by atoms with van der Waals surface area (Å²) in [6.45, 7) is 6.39. The number of hydrogen-bond acceptors (Lipinski definition) is 3. The summed E-state index contributed by atoms with van der Waals surface area (Å²) in [7, 11) is 0. The Hall–Kier alpha value is -0.480. The minimum Gasteiger partial charge on any atom is -0.334 e. The van der Waals surface area contributed by atoms with E-state index in [0.29, 0.717) is 0 Å². The van der Waals surface area contributed by atoms with E-state index in [-0.39, 0.29) is 5.54 Å². The fourth-order valence-electron chi connectivity index (χ4n) is 1.49. The minimum absolute atomic E-state index is 0.0597. The van der Waals surface area contributed by atoms with E-state index in [4.69, 9.17) is 0 Å². The van der Waals surface area contributed by atoms with Crippen molar-refractivity contribution in [2.75, 3.05) is 11.1 Å². The van der Waals surface area contributed by atoms with E-state index < -0.39 is 0 Å². The molecular formula is C12H15BrN2S. The van der Waals surface area contributed by atoms with E-state index in [1.165, 1.54) is 5.56 Å². The van der Waals surface area contributed by atoms with Gasteiger partial charge in [-0.15, -0.1) is 0 Å². The lowest BCUT2D eigenvalue weighted by molar-refractivity contribution is 0.605. The number of benzene rings is 1. The standard InChI is InChI=1S/C12H15BrN2S/c1-8-4-5-10(9(13)6-8)14-11-15-12(2,3)7-16-11/h4-6H,7H2,1-3H3,(H,14,15). The summed E-state index contributed by atoms with van der Waals surface area (Å²) >= 11 is 5.33. The monoisotopic (exact) mass is 298 g/mol. The predicted octanol–water partition coefficient (Wildman–Crippen LogP) is 4.05. The minimum atomic E-state index is 0.0597. The van der Waals surface area contributed by atoms with Crippen LogP contribution in [0.3, 0.4) is 0 Å². The molecule has 1 N–H and O–H groups in total. The Balaban J connectivity index is 2.16. The van der Waals surface area contributed by atoms with E-state index >= 15 is 0 Å². The molecule has 0 aliphatic carbocycles. The molecule has 86 valence electrons. The first-order valence-electron chi connectivity index (χ1n) is 5.22. The molecule has 4 heteroatoms. The van der Waals surface area contributed by atoms with Gasteiger partial charge in [-0.25, -0.2) is 0 Å². The molecule has 0 fully saturated rings. The molecule has 0 atom stereocenters. The number of thioether (sulfide) groups is 1. The third-order valence-corrected chi connectivity index (χ3v) is 4.31. The lowest BCUT2D eigenvalue weighted by Crippen LogP contribution is -2.15. The molecule has 0 saturated heterocycles. The number of amidine groups is 1. The Bertz CT molecular complexity index is 441. The number of aliphatic imine (C=N–C) groups is 1.